The Balaban J connectivity index is 2.56. The molecule has 0 saturated carbocycles. The average molecular weight is 239 g/mol. The third-order valence-electron chi connectivity index (χ3n) is 3.49. The lowest BCUT2D eigenvalue weighted by Gasteiger charge is -2.13. The third-order valence-corrected chi connectivity index (χ3v) is 3.49. The third kappa shape index (κ3) is 2.02. The predicted molar refractivity (Wildman–Crippen MR) is 74.9 cm³/mol. The highest BCUT2D eigenvalue weighted by Crippen LogP contribution is 2.26. The maximum atomic E-state index is 12.4. The van der Waals surface area contributed by atoms with Gasteiger partial charge >= 0.3 is 0 Å². The number of carbonyl (C=O) groups is 1. The Morgan fingerprint density at radius 1 is 1.00 bits per heavy atom. The van der Waals surface area contributed by atoms with Gasteiger partial charge < -0.3 is 5.73 Å². The lowest BCUT2D eigenvalue weighted by atomic mass is 9.93. The van der Waals surface area contributed by atoms with Crippen molar-refractivity contribution in [2.24, 2.45) is 0 Å². The van der Waals surface area contributed by atoms with Gasteiger partial charge in [-0.3, -0.25) is 4.79 Å². The number of hydrogen-bond donors (Lipinski definition) is 1. The molecule has 18 heavy (non-hydrogen) atoms. The maximum absolute atomic E-state index is 12.4. The van der Waals surface area contributed by atoms with Crippen LogP contribution in [0.5, 0.6) is 0 Å². The summed E-state index contributed by atoms with van der Waals surface area (Å²) >= 11 is 0. The molecule has 2 rings (SSSR count). The minimum absolute atomic E-state index is 0.0145. The summed E-state index contributed by atoms with van der Waals surface area (Å²) in [5.41, 5.74) is 11.2. The van der Waals surface area contributed by atoms with Crippen LogP contribution in [0.15, 0.2) is 36.4 Å². The Morgan fingerprint density at radius 2 is 1.61 bits per heavy atom. The van der Waals surface area contributed by atoms with Crippen molar-refractivity contribution in [1.82, 2.24) is 0 Å². The molecule has 0 amide bonds. The monoisotopic (exact) mass is 239 g/mol. The first kappa shape index (κ1) is 12.4. The molecular formula is C16H17NO. The van der Waals surface area contributed by atoms with Gasteiger partial charge in [-0.15, -0.1) is 0 Å². The average Bonchev–Trinajstić information content (AvgIpc) is 2.41. The highest BCUT2D eigenvalue weighted by molar-refractivity contribution is 6.12. The van der Waals surface area contributed by atoms with Crippen LogP contribution in [0.1, 0.15) is 32.6 Å². The van der Waals surface area contributed by atoms with E-state index in [4.69, 9.17) is 5.73 Å². The summed E-state index contributed by atoms with van der Waals surface area (Å²) in [6, 6.07) is 11.1. The van der Waals surface area contributed by atoms with Crippen molar-refractivity contribution in [3.63, 3.8) is 0 Å². The summed E-state index contributed by atoms with van der Waals surface area (Å²) in [6.45, 7) is 5.99. The van der Waals surface area contributed by atoms with Crippen LogP contribution in [0.3, 0.4) is 0 Å². The molecule has 0 saturated heterocycles. The fraction of sp³-hybridized carbons (Fsp3) is 0.188. The van der Waals surface area contributed by atoms with Crippen LogP contribution in [0.2, 0.25) is 0 Å². The number of carbonyl (C=O) groups excluding carboxylic acids is 1. The van der Waals surface area contributed by atoms with E-state index >= 15 is 0 Å². The zero-order valence-corrected chi connectivity index (χ0v) is 10.9. The molecule has 0 aliphatic rings. The molecule has 0 bridgehead atoms. The van der Waals surface area contributed by atoms with Gasteiger partial charge in [0.15, 0.2) is 5.78 Å². The number of rotatable bonds is 2. The summed E-state index contributed by atoms with van der Waals surface area (Å²) in [6.07, 6.45) is 0. The van der Waals surface area contributed by atoms with E-state index in [2.05, 4.69) is 0 Å². The fourth-order valence-corrected chi connectivity index (χ4v) is 2.04. The van der Waals surface area contributed by atoms with Gasteiger partial charge in [0.05, 0.1) is 0 Å². The van der Waals surface area contributed by atoms with Gasteiger partial charge in [-0.2, -0.15) is 0 Å². The first-order valence-electron chi connectivity index (χ1n) is 5.98. The molecule has 0 unspecified atom stereocenters. The fourth-order valence-electron chi connectivity index (χ4n) is 2.04. The second kappa shape index (κ2) is 4.65. The van der Waals surface area contributed by atoms with Crippen molar-refractivity contribution in [1.29, 1.82) is 0 Å². The normalized spacial score (nSPS) is 10.4. The van der Waals surface area contributed by atoms with Crippen molar-refractivity contribution in [2.45, 2.75) is 20.8 Å². The molecule has 2 N–H and O–H groups in total. The van der Waals surface area contributed by atoms with Gasteiger partial charge in [0.1, 0.15) is 0 Å². The largest absolute Gasteiger partial charge is 0.398 e. The summed E-state index contributed by atoms with van der Waals surface area (Å²) in [4.78, 5) is 12.4. The summed E-state index contributed by atoms with van der Waals surface area (Å²) in [5, 5.41) is 0. The smallest absolute Gasteiger partial charge is 0.195 e. The van der Waals surface area contributed by atoms with Gasteiger partial charge in [0, 0.05) is 16.8 Å². The molecular weight excluding hydrogens is 222 g/mol. The SMILES string of the molecule is Cc1cc(C(=O)c2ccccc2)c(N)c(C)c1C. The molecule has 0 heterocycles. The molecule has 0 atom stereocenters. The molecule has 0 aromatic heterocycles. The number of ketones is 1. The van der Waals surface area contributed by atoms with E-state index in [0.717, 1.165) is 16.7 Å². The van der Waals surface area contributed by atoms with Crippen LogP contribution in [0, 0.1) is 20.8 Å². The van der Waals surface area contributed by atoms with Crippen LogP contribution in [0.25, 0.3) is 0 Å². The topological polar surface area (TPSA) is 43.1 Å². The molecule has 2 aromatic rings. The molecule has 0 fully saturated rings. The Morgan fingerprint density at radius 3 is 2.22 bits per heavy atom. The molecule has 2 aromatic carbocycles. The Kier molecular flexibility index (Phi) is 3.19. The number of nitrogen functional groups attached to an aromatic ring is 1. The molecule has 2 nitrogen and oxygen atoms in total. The van der Waals surface area contributed by atoms with Crippen LogP contribution < -0.4 is 5.73 Å². The summed E-state index contributed by atoms with van der Waals surface area (Å²) in [5.74, 6) is -0.0145. The van der Waals surface area contributed by atoms with Crippen molar-refractivity contribution < 1.29 is 4.79 Å². The molecule has 2 heteroatoms. The van der Waals surface area contributed by atoms with Crippen molar-refractivity contribution in [3.8, 4) is 0 Å². The van der Waals surface area contributed by atoms with Gasteiger partial charge in [-0.25, -0.2) is 0 Å². The second-order valence-electron chi connectivity index (χ2n) is 4.60. The van der Waals surface area contributed by atoms with Gasteiger partial charge in [-0.05, 0) is 43.5 Å². The zero-order chi connectivity index (χ0) is 13.3. The highest BCUT2D eigenvalue weighted by Gasteiger charge is 2.15. The Bertz CT molecular complexity index is 600. The van der Waals surface area contributed by atoms with E-state index in [1.165, 1.54) is 0 Å². The number of hydrogen-bond acceptors (Lipinski definition) is 2. The van der Waals surface area contributed by atoms with Gasteiger partial charge in [0.2, 0.25) is 0 Å². The standard InChI is InChI=1S/C16H17NO/c1-10-9-14(15(17)12(3)11(10)2)16(18)13-7-5-4-6-8-13/h4-9H,17H2,1-3H3. The molecule has 0 aliphatic heterocycles. The molecule has 0 aliphatic carbocycles. The lowest BCUT2D eigenvalue weighted by molar-refractivity contribution is 0.103. The van der Waals surface area contributed by atoms with Crippen LogP contribution in [-0.4, -0.2) is 5.78 Å². The van der Waals surface area contributed by atoms with Crippen molar-refractivity contribution >= 4 is 11.5 Å². The number of anilines is 1. The maximum Gasteiger partial charge on any atom is 0.195 e. The minimum Gasteiger partial charge on any atom is -0.398 e. The van der Waals surface area contributed by atoms with Crippen LogP contribution in [0.4, 0.5) is 5.69 Å². The summed E-state index contributed by atoms with van der Waals surface area (Å²) < 4.78 is 0. The zero-order valence-electron chi connectivity index (χ0n) is 10.9. The predicted octanol–water partition coefficient (Wildman–Crippen LogP) is 3.43. The first-order valence-corrected chi connectivity index (χ1v) is 5.98. The van der Waals surface area contributed by atoms with Gasteiger partial charge in [0.25, 0.3) is 0 Å². The highest BCUT2D eigenvalue weighted by atomic mass is 16.1. The van der Waals surface area contributed by atoms with E-state index in [1.54, 1.807) is 0 Å². The number of nitrogens with two attached hydrogens (primary N) is 1. The first-order chi connectivity index (χ1) is 8.52. The van der Waals surface area contributed by atoms with E-state index < -0.39 is 0 Å². The lowest BCUT2D eigenvalue weighted by Crippen LogP contribution is -2.08. The van der Waals surface area contributed by atoms with Gasteiger partial charge in [-0.1, -0.05) is 30.3 Å². The van der Waals surface area contributed by atoms with E-state index in [-0.39, 0.29) is 5.78 Å². The van der Waals surface area contributed by atoms with Crippen LogP contribution >= 0.6 is 0 Å². The van der Waals surface area contributed by atoms with E-state index in [1.807, 2.05) is 57.2 Å². The summed E-state index contributed by atoms with van der Waals surface area (Å²) in [7, 11) is 0. The van der Waals surface area contributed by atoms with Crippen molar-refractivity contribution in [2.75, 3.05) is 5.73 Å². The number of benzene rings is 2. The minimum atomic E-state index is -0.0145. The number of aryl methyl sites for hydroxylation is 1. The molecule has 92 valence electrons. The molecule has 0 radical (unpaired) electrons. The second-order valence-corrected chi connectivity index (χ2v) is 4.60. The Hall–Kier alpha value is -2.09. The van der Waals surface area contributed by atoms with E-state index in [0.29, 0.717) is 16.8 Å². The molecule has 0 spiro atoms. The van der Waals surface area contributed by atoms with E-state index in [9.17, 15) is 4.79 Å². The quantitative estimate of drug-likeness (QED) is 0.644. The van der Waals surface area contributed by atoms with Crippen LogP contribution in [-0.2, 0) is 0 Å². The van der Waals surface area contributed by atoms with Crippen molar-refractivity contribution in [3.05, 3.63) is 64.2 Å². The Labute approximate surface area is 107 Å².